The SMILES string of the molecule is CCOCC1(C2CCCCC2)[C](OC)CC=CC1OC. The van der Waals surface area contributed by atoms with Crippen LogP contribution in [0.5, 0.6) is 0 Å². The first-order valence-electron chi connectivity index (χ1n) is 7.97. The summed E-state index contributed by atoms with van der Waals surface area (Å²) in [4.78, 5) is 0. The van der Waals surface area contributed by atoms with Crippen LogP contribution < -0.4 is 0 Å². The van der Waals surface area contributed by atoms with Gasteiger partial charge in [0, 0.05) is 20.8 Å². The highest BCUT2D eigenvalue weighted by Gasteiger charge is 2.53. The van der Waals surface area contributed by atoms with Crippen LogP contribution in [0.1, 0.15) is 45.4 Å². The van der Waals surface area contributed by atoms with Gasteiger partial charge in [0.15, 0.2) is 0 Å². The average molecular weight is 281 g/mol. The molecule has 2 aliphatic rings. The molecule has 3 nitrogen and oxygen atoms in total. The molecule has 0 aromatic heterocycles. The van der Waals surface area contributed by atoms with Crippen molar-refractivity contribution in [2.24, 2.45) is 11.3 Å². The quantitative estimate of drug-likeness (QED) is 0.694. The predicted molar refractivity (Wildman–Crippen MR) is 80.3 cm³/mol. The van der Waals surface area contributed by atoms with Crippen LogP contribution in [0, 0.1) is 17.4 Å². The van der Waals surface area contributed by atoms with Crippen molar-refractivity contribution in [3.63, 3.8) is 0 Å². The van der Waals surface area contributed by atoms with E-state index in [9.17, 15) is 0 Å². The van der Waals surface area contributed by atoms with Crippen LogP contribution in [0.2, 0.25) is 0 Å². The van der Waals surface area contributed by atoms with E-state index in [2.05, 4.69) is 19.1 Å². The van der Waals surface area contributed by atoms with E-state index in [1.165, 1.54) is 32.1 Å². The van der Waals surface area contributed by atoms with Gasteiger partial charge >= 0.3 is 0 Å². The van der Waals surface area contributed by atoms with E-state index in [4.69, 9.17) is 14.2 Å². The van der Waals surface area contributed by atoms with Crippen LogP contribution in [0.15, 0.2) is 12.2 Å². The molecule has 2 rings (SSSR count). The Balaban J connectivity index is 2.31. The molecule has 0 saturated heterocycles. The van der Waals surface area contributed by atoms with Gasteiger partial charge in [-0.05, 0) is 32.1 Å². The van der Waals surface area contributed by atoms with Crippen molar-refractivity contribution in [3.05, 3.63) is 18.3 Å². The minimum absolute atomic E-state index is 0.0702. The van der Waals surface area contributed by atoms with Crippen molar-refractivity contribution in [3.8, 4) is 0 Å². The molecular formula is C17H29O3. The van der Waals surface area contributed by atoms with Gasteiger partial charge in [0.1, 0.15) is 6.10 Å². The maximum atomic E-state index is 5.88. The van der Waals surface area contributed by atoms with Crippen molar-refractivity contribution in [2.45, 2.75) is 51.6 Å². The maximum Gasteiger partial charge on any atom is 0.112 e. The lowest BCUT2D eigenvalue weighted by Crippen LogP contribution is -2.52. The Hall–Kier alpha value is -0.380. The van der Waals surface area contributed by atoms with Gasteiger partial charge in [-0.1, -0.05) is 31.4 Å². The van der Waals surface area contributed by atoms with Crippen molar-refractivity contribution >= 4 is 0 Å². The molecule has 0 amide bonds. The topological polar surface area (TPSA) is 27.7 Å². The van der Waals surface area contributed by atoms with E-state index in [-0.39, 0.29) is 11.5 Å². The number of hydrogen-bond donors (Lipinski definition) is 0. The van der Waals surface area contributed by atoms with Gasteiger partial charge < -0.3 is 14.2 Å². The maximum absolute atomic E-state index is 5.88. The summed E-state index contributed by atoms with van der Waals surface area (Å²) < 4.78 is 17.5. The monoisotopic (exact) mass is 281 g/mol. The highest BCUT2D eigenvalue weighted by Crippen LogP contribution is 2.52. The third kappa shape index (κ3) is 2.95. The molecule has 0 aromatic carbocycles. The van der Waals surface area contributed by atoms with Crippen LogP contribution in [0.4, 0.5) is 0 Å². The second-order valence-corrected chi connectivity index (χ2v) is 5.93. The third-order valence-electron chi connectivity index (χ3n) is 5.02. The fourth-order valence-corrected chi connectivity index (χ4v) is 4.01. The zero-order valence-electron chi connectivity index (χ0n) is 13.2. The fraction of sp³-hybridized carbons (Fsp3) is 0.824. The van der Waals surface area contributed by atoms with Crippen molar-refractivity contribution < 1.29 is 14.2 Å². The van der Waals surface area contributed by atoms with E-state index in [0.717, 1.165) is 19.1 Å². The van der Waals surface area contributed by atoms with Gasteiger partial charge in [-0.25, -0.2) is 0 Å². The van der Waals surface area contributed by atoms with Gasteiger partial charge in [0.25, 0.3) is 0 Å². The van der Waals surface area contributed by atoms with Gasteiger partial charge in [-0.2, -0.15) is 0 Å². The Bertz CT molecular complexity index is 309. The summed E-state index contributed by atoms with van der Waals surface area (Å²) in [5.74, 6) is 0.604. The normalized spacial score (nSPS) is 32.6. The summed E-state index contributed by atoms with van der Waals surface area (Å²) in [6.07, 6.45) is 13.0. The standard InChI is InChI=1S/C17H29O3/c1-4-20-13-17(14-9-6-5-7-10-14)15(18-2)11-8-12-16(17)19-3/h8,11,14-15H,4-7,9-10,12-13H2,1-3H3. The van der Waals surface area contributed by atoms with E-state index in [1.54, 1.807) is 14.2 Å². The lowest BCUT2D eigenvalue weighted by molar-refractivity contribution is -0.117. The van der Waals surface area contributed by atoms with Gasteiger partial charge in [-0.3, -0.25) is 0 Å². The summed E-state index contributed by atoms with van der Waals surface area (Å²) in [6.45, 7) is 3.51. The summed E-state index contributed by atoms with van der Waals surface area (Å²) in [6, 6.07) is 0. The fourth-order valence-electron chi connectivity index (χ4n) is 4.01. The molecule has 2 unspecified atom stereocenters. The van der Waals surface area contributed by atoms with E-state index >= 15 is 0 Å². The first kappa shape index (κ1) is 16.0. The Kier molecular flexibility index (Phi) is 6.06. The van der Waals surface area contributed by atoms with Crippen LogP contribution in [0.25, 0.3) is 0 Å². The number of methoxy groups -OCH3 is 2. The molecule has 0 aliphatic heterocycles. The summed E-state index contributed by atoms with van der Waals surface area (Å²) in [5, 5.41) is 0. The number of hydrogen-bond acceptors (Lipinski definition) is 3. The van der Waals surface area contributed by atoms with Crippen molar-refractivity contribution in [1.82, 2.24) is 0 Å². The Morgan fingerprint density at radius 2 is 1.95 bits per heavy atom. The van der Waals surface area contributed by atoms with Gasteiger partial charge in [-0.15, -0.1) is 0 Å². The van der Waals surface area contributed by atoms with Crippen molar-refractivity contribution in [1.29, 1.82) is 0 Å². The summed E-state index contributed by atoms with van der Waals surface area (Å²) in [7, 11) is 3.60. The molecule has 0 N–H and O–H groups in total. The van der Waals surface area contributed by atoms with Crippen LogP contribution in [-0.4, -0.2) is 33.5 Å². The highest BCUT2D eigenvalue weighted by atomic mass is 16.5. The van der Waals surface area contributed by atoms with E-state index < -0.39 is 0 Å². The number of rotatable bonds is 6. The molecule has 0 aromatic rings. The van der Waals surface area contributed by atoms with Crippen LogP contribution in [-0.2, 0) is 14.2 Å². The molecule has 2 atom stereocenters. The van der Waals surface area contributed by atoms with Crippen LogP contribution >= 0.6 is 0 Å². The summed E-state index contributed by atoms with van der Waals surface area (Å²) >= 11 is 0. The molecule has 0 heterocycles. The van der Waals surface area contributed by atoms with Crippen LogP contribution in [0.3, 0.4) is 0 Å². The summed E-state index contributed by atoms with van der Waals surface area (Å²) in [5.41, 5.74) is -0.103. The molecule has 1 radical (unpaired) electrons. The molecule has 115 valence electrons. The molecule has 0 spiro atoms. The second kappa shape index (κ2) is 7.58. The van der Waals surface area contributed by atoms with Gasteiger partial charge in [0.05, 0.1) is 18.1 Å². The zero-order chi connectivity index (χ0) is 14.4. The van der Waals surface area contributed by atoms with Gasteiger partial charge in [0.2, 0.25) is 0 Å². The lowest BCUT2D eigenvalue weighted by Gasteiger charge is -2.50. The smallest absolute Gasteiger partial charge is 0.112 e. The van der Waals surface area contributed by atoms with Crippen molar-refractivity contribution in [2.75, 3.05) is 27.4 Å². The molecule has 2 aliphatic carbocycles. The average Bonchev–Trinajstić information content (AvgIpc) is 2.53. The molecule has 0 bridgehead atoms. The lowest BCUT2D eigenvalue weighted by atomic mass is 9.60. The predicted octanol–water partition coefficient (Wildman–Crippen LogP) is 3.74. The molecule has 1 fully saturated rings. The second-order valence-electron chi connectivity index (χ2n) is 5.93. The minimum atomic E-state index is -0.103. The molecule has 3 heteroatoms. The Morgan fingerprint density at radius 3 is 2.55 bits per heavy atom. The minimum Gasteiger partial charge on any atom is -0.381 e. The Morgan fingerprint density at radius 1 is 1.20 bits per heavy atom. The highest BCUT2D eigenvalue weighted by molar-refractivity contribution is 5.20. The van der Waals surface area contributed by atoms with E-state index in [0.29, 0.717) is 12.5 Å². The zero-order valence-corrected chi connectivity index (χ0v) is 13.2. The first-order chi connectivity index (χ1) is 9.79. The third-order valence-corrected chi connectivity index (χ3v) is 5.02. The largest absolute Gasteiger partial charge is 0.381 e. The van der Waals surface area contributed by atoms with E-state index in [1.807, 2.05) is 0 Å². The molecule has 20 heavy (non-hydrogen) atoms. The molecule has 1 saturated carbocycles. The molecular weight excluding hydrogens is 252 g/mol. The number of ether oxygens (including phenoxy) is 3. The Labute approximate surface area is 123 Å². The first-order valence-corrected chi connectivity index (χ1v) is 7.97.